The number of rotatable bonds is 4. The van der Waals surface area contributed by atoms with Gasteiger partial charge in [-0.25, -0.2) is 0 Å². The number of carboxylic acid groups (broad SMARTS) is 1. The maximum atomic E-state index is 13.4. The summed E-state index contributed by atoms with van der Waals surface area (Å²) in [4.78, 5) is 40.3. The zero-order valence-corrected chi connectivity index (χ0v) is 18.0. The van der Waals surface area contributed by atoms with E-state index in [9.17, 15) is 19.5 Å². The van der Waals surface area contributed by atoms with Crippen LogP contribution < -0.4 is 10.0 Å². The number of nitrogens with zero attached hydrogens (tertiary/aromatic N) is 2. The number of carbonyl (C=O) groups excluding carboxylic acids is 3. The van der Waals surface area contributed by atoms with E-state index >= 15 is 0 Å². The molecule has 4 rings (SSSR count). The molecule has 152 valence electrons. The van der Waals surface area contributed by atoms with Crippen molar-refractivity contribution in [1.29, 1.82) is 0 Å². The number of para-hydroxylation sites is 1. The molecule has 9 heteroatoms. The molecular weight excluding hydrogens is 444 g/mol. The first kappa shape index (κ1) is 20.6. The number of hydrogen-bond donors (Lipinski definition) is 0. The molecule has 30 heavy (non-hydrogen) atoms. The molecule has 2 aliphatic heterocycles. The first-order chi connectivity index (χ1) is 14.3. The Labute approximate surface area is 187 Å². The molecule has 0 N–H and O–H groups in total. The Hall–Kier alpha value is -2.68. The molecule has 0 aromatic heterocycles. The van der Waals surface area contributed by atoms with Crippen molar-refractivity contribution in [3.8, 4) is 0 Å². The van der Waals surface area contributed by atoms with Crippen molar-refractivity contribution in [3.63, 3.8) is 0 Å². The summed E-state index contributed by atoms with van der Waals surface area (Å²) in [5.41, 5.74) is 2.22. The molecule has 0 radical (unpaired) electrons. The van der Waals surface area contributed by atoms with Gasteiger partial charge in [-0.05, 0) is 24.6 Å². The molecule has 2 aliphatic rings. The summed E-state index contributed by atoms with van der Waals surface area (Å²) in [5, 5.41) is 11.8. The highest BCUT2D eigenvalue weighted by Crippen LogP contribution is 2.45. The van der Waals surface area contributed by atoms with E-state index in [1.165, 1.54) is 6.92 Å². The van der Waals surface area contributed by atoms with E-state index in [0.717, 1.165) is 22.2 Å². The average Bonchev–Trinajstić information content (AvgIpc) is 3.15. The minimum Gasteiger partial charge on any atom is -0.548 e. The summed E-state index contributed by atoms with van der Waals surface area (Å²) in [6.07, 6.45) is 0. The van der Waals surface area contributed by atoms with Gasteiger partial charge in [-0.1, -0.05) is 72.0 Å². The molecule has 6 nitrogen and oxygen atoms in total. The summed E-state index contributed by atoms with van der Waals surface area (Å²) in [5.74, 6) is -2.40. The second kappa shape index (κ2) is 7.86. The number of carboxylic acids is 1. The molecule has 2 amide bonds. The maximum absolute atomic E-state index is 13.4. The van der Waals surface area contributed by atoms with Gasteiger partial charge in [0.25, 0.3) is 11.8 Å². The average molecular weight is 458 g/mol. The predicted molar refractivity (Wildman–Crippen MR) is 118 cm³/mol. The van der Waals surface area contributed by atoms with Crippen molar-refractivity contribution in [2.24, 2.45) is 0 Å². The van der Waals surface area contributed by atoms with E-state index in [1.807, 2.05) is 12.1 Å². The number of carbonyl (C=O) groups is 3. The number of thiocarbonyl (C=S) groups is 1. The van der Waals surface area contributed by atoms with Crippen LogP contribution in [0, 0.1) is 0 Å². The minimum atomic E-state index is -1.42. The van der Waals surface area contributed by atoms with Crippen LogP contribution in [0.25, 0.3) is 5.57 Å². The van der Waals surface area contributed by atoms with E-state index in [1.54, 1.807) is 41.3 Å². The zero-order valence-electron chi connectivity index (χ0n) is 15.6. The number of benzene rings is 2. The Balaban J connectivity index is 1.79. The van der Waals surface area contributed by atoms with Crippen molar-refractivity contribution in [1.82, 2.24) is 4.90 Å². The molecule has 1 atom stereocenters. The van der Waals surface area contributed by atoms with Crippen molar-refractivity contribution in [2.75, 3.05) is 4.90 Å². The molecule has 0 aliphatic carbocycles. The van der Waals surface area contributed by atoms with Crippen LogP contribution in [-0.2, 0) is 20.9 Å². The second-order valence-corrected chi connectivity index (χ2v) is 8.79. The molecule has 0 unspecified atom stereocenters. The fourth-order valence-corrected chi connectivity index (χ4v) is 5.11. The number of anilines is 1. The first-order valence-electron chi connectivity index (χ1n) is 8.96. The molecule has 0 saturated carbocycles. The topological polar surface area (TPSA) is 80.7 Å². The minimum absolute atomic E-state index is 0.0778. The standard InChI is InChI=1S/C21H15ClN2O4S2/c1-11(20(27)28)24-19(26)17(30-21(24)29)16-13-7-3-5-9-15(13)23(18(16)25)10-12-6-2-4-8-14(12)22/h2-9,11H,10H2,1H3,(H,27,28)/p-1/b17-16-/t11-/m1/s1. The fraction of sp³-hybridized carbons (Fsp3) is 0.143. The van der Waals surface area contributed by atoms with Crippen LogP contribution >= 0.6 is 35.6 Å². The normalized spacial score (nSPS) is 19.5. The number of fused-ring (bicyclic) bond motifs is 1. The summed E-state index contributed by atoms with van der Waals surface area (Å²) < 4.78 is 0.0778. The number of aliphatic carboxylic acids is 1. The highest BCUT2D eigenvalue weighted by atomic mass is 35.5. The largest absolute Gasteiger partial charge is 0.548 e. The fourth-order valence-electron chi connectivity index (χ4n) is 3.42. The number of amides is 2. The summed E-state index contributed by atoms with van der Waals surface area (Å²) in [6, 6.07) is 13.1. The van der Waals surface area contributed by atoms with Crippen LogP contribution in [0.5, 0.6) is 0 Å². The summed E-state index contributed by atoms with van der Waals surface area (Å²) >= 11 is 12.4. The molecule has 1 saturated heterocycles. The molecular formula is C21H14ClN2O4S2-. The van der Waals surface area contributed by atoms with Crippen molar-refractivity contribution < 1.29 is 19.5 Å². The van der Waals surface area contributed by atoms with Crippen LogP contribution in [0.4, 0.5) is 5.69 Å². The third kappa shape index (κ3) is 3.30. The first-order valence-corrected chi connectivity index (χ1v) is 10.6. The van der Waals surface area contributed by atoms with Gasteiger partial charge < -0.3 is 14.8 Å². The van der Waals surface area contributed by atoms with Crippen LogP contribution in [0.1, 0.15) is 18.1 Å². The van der Waals surface area contributed by atoms with Crippen molar-refractivity contribution in [3.05, 3.63) is 69.6 Å². The second-order valence-electron chi connectivity index (χ2n) is 6.74. The Kier molecular flexibility index (Phi) is 5.40. The van der Waals surface area contributed by atoms with Crippen LogP contribution in [0.2, 0.25) is 5.02 Å². The lowest BCUT2D eigenvalue weighted by molar-refractivity contribution is -0.309. The lowest BCUT2D eigenvalue weighted by atomic mass is 10.1. The van der Waals surface area contributed by atoms with Gasteiger partial charge in [-0.2, -0.15) is 0 Å². The van der Waals surface area contributed by atoms with E-state index in [4.69, 9.17) is 23.8 Å². The highest BCUT2D eigenvalue weighted by Gasteiger charge is 2.43. The van der Waals surface area contributed by atoms with E-state index in [2.05, 4.69) is 0 Å². The van der Waals surface area contributed by atoms with Gasteiger partial charge in [-0.3, -0.25) is 14.5 Å². The van der Waals surface area contributed by atoms with Gasteiger partial charge in [0.2, 0.25) is 0 Å². The molecule has 2 aromatic carbocycles. The van der Waals surface area contributed by atoms with Gasteiger partial charge in [-0.15, -0.1) is 0 Å². The number of halogens is 1. The predicted octanol–water partition coefficient (Wildman–Crippen LogP) is 2.60. The van der Waals surface area contributed by atoms with Crippen LogP contribution in [0.3, 0.4) is 0 Å². The molecule has 2 heterocycles. The Morgan fingerprint density at radius 1 is 1.13 bits per heavy atom. The molecule has 0 bridgehead atoms. The Morgan fingerprint density at radius 3 is 2.50 bits per heavy atom. The third-order valence-electron chi connectivity index (χ3n) is 4.96. The SMILES string of the molecule is C[C@H](C(=O)[O-])N1C(=O)/C(=C2/C(=O)N(Cc3ccccc3Cl)c3ccccc32)SC1=S. The van der Waals surface area contributed by atoms with Crippen molar-refractivity contribution >= 4 is 68.9 Å². The Morgan fingerprint density at radius 2 is 1.80 bits per heavy atom. The van der Waals surface area contributed by atoms with E-state index in [-0.39, 0.29) is 27.3 Å². The lowest BCUT2D eigenvalue weighted by Crippen LogP contribution is -2.48. The monoisotopic (exact) mass is 457 g/mol. The van der Waals surface area contributed by atoms with Gasteiger partial charge >= 0.3 is 0 Å². The maximum Gasteiger partial charge on any atom is 0.267 e. The van der Waals surface area contributed by atoms with Gasteiger partial charge in [0.05, 0.1) is 34.7 Å². The van der Waals surface area contributed by atoms with Crippen molar-refractivity contribution in [2.45, 2.75) is 19.5 Å². The zero-order chi connectivity index (χ0) is 21.6. The lowest BCUT2D eigenvalue weighted by Gasteiger charge is -2.23. The number of hydrogen-bond acceptors (Lipinski definition) is 6. The summed E-state index contributed by atoms with van der Waals surface area (Å²) in [6.45, 7) is 1.55. The molecule has 2 aromatic rings. The molecule has 0 spiro atoms. The summed E-state index contributed by atoms with van der Waals surface area (Å²) in [7, 11) is 0. The van der Waals surface area contributed by atoms with Crippen LogP contribution in [0.15, 0.2) is 53.4 Å². The Bertz CT molecular complexity index is 1150. The van der Waals surface area contributed by atoms with Crippen LogP contribution in [-0.4, -0.2) is 33.0 Å². The quantitative estimate of drug-likeness (QED) is 0.518. The van der Waals surface area contributed by atoms with Gasteiger partial charge in [0, 0.05) is 10.6 Å². The van der Waals surface area contributed by atoms with E-state index in [0.29, 0.717) is 16.3 Å². The van der Waals surface area contributed by atoms with Gasteiger partial charge in [0.1, 0.15) is 4.32 Å². The highest BCUT2D eigenvalue weighted by molar-refractivity contribution is 8.26. The number of thioether (sulfide) groups is 1. The molecule has 1 fully saturated rings. The third-order valence-corrected chi connectivity index (χ3v) is 6.73. The smallest absolute Gasteiger partial charge is 0.267 e. The van der Waals surface area contributed by atoms with Gasteiger partial charge in [0.15, 0.2) is 0 Å². The van der Waals surface area contributed by atoms with E-state index < -0.39 is 17.9 Å².